The number of ether oxygens (including phenoxy) is 1. The molecule has 1 N–H and O–H groups in total. The topological polar surface area (TPSA) is 58.6 Å². The number of nitrogens with zero attached hydrogens (tertiary/aromatic N) is 1. The quantitative estimate of drug-likeness (QED) is 0.557. The first kappa shape index (κ1) is 24.1. The minimum Gasteiger partial charge on any atom is -0.460 e. The van der Waals surface area contributed by atoms with Crippen molar-refractivity contribution in [2.75, 3.05) is 19.0 Å². The SMILES string of the molecule is CC1=C(C(=O)OC(C)C)[C@H](c2cccc(Cl)c2)C2=C(C[C@H](c3ccc(N(C)C)cc3)CC2=O)N1. The Balaban J connectivity index is 1.75. The molecule has 4 rings (SSSR count). The van der Waals surface area contributed by atoms with Crippen LogP contribution < -0.4 is 10.2 Å². The van der Waals surface area contributed by atoms with Crippen LogP contribution in [-0.4, -0.2) is 32.0 Å². The molecule has 6 heteroatoms. The largest absolute Gasteiger partial charge is 0.460 e. The highest BCUT2D eigenvalue weighted by molar-refractivity contribution is 6.30. The molecule has 2 aromatic carbocycles. The lowest BCUT2D eigenvalue weighted by molar-refractivity contribution is -0.143. The van der Waals surface area contributed by atoms with Crippen LogP contribution in [0.1, 0.15) is 56.6 Å². The van der Waals surface area contributed by atoms with Crippen LogP contribution in [0.2, 0.25) is 5.02 Å². The van der Waals surface area contributed by atoms with Gasteiger partial charge in [0.25, 0.3) is 0 Å². The fourth-order valence-corrected chi connectivity index (χ4v) is 5.09. The normalized spacial score (nSPS) is 20.3. The van der Waals surface area contributed by atoms with Crippen molar-refractivity contribution < 1.29 is 14.3 Å². The van der Waals surface area contributed by atoms with Gasteiger partial charge < -0.3 is 15.0 Å². The number of hydrogen-bond acceptors (Lipinski definition) is 5. The third-order valence-corrected chi connectivity index (χ3v) is 6.69. The Hall–Kier alpha value is -3.05. The summed E-state index contributed by atoms with van der Waals surface area (Å²) in [5, 5.41) is 3.96. The van der Waals surface area contributed by atoms with Crippen molar-refractivity contribution in [3.63, 3.8) is 0 Å². The van der Waals surface area contributed by atoms with Gasteiger partial charge in [0.1, 0.15) is 0 Å². The lowest BCUT2D eigenvalue weighted by atomic mass is 9.71. The number of ketones is 1. The van der Waals surface area contributed by atoms with Gasteiger partial charge in [-0.05, 0) is 68.5 Å². The maximum Gasteiger partial charge on any atom is 0.337 e. The predicted molar refractivity (Wildman–Crippen MR) is 136 cm³/mol. The fraction of sp³-hybridized carbons (Fsp3) is 0.357. The van der Waals surface area contributed by atoms with Crippen molar-refractivity contribution in [2.45, 2.75) is 51.6 Å². The van der Waals surface area contributed by atoms with Crippen molar-refractivity contribution in [1.29, 1.82) is 0 Å². The van der Waals surface area contributed by atoms with Crippen LogP contribution >= 0.6 is 11.6 Å². The standard InChI is InChI=1S/C28H31ClN2O3/c1-16(2)34-28(33)25-17(3)30-23-14-20(18-9-11-22(12-10-18)31(4)5)15-24(32)27(23)26(25)19-7-6-8-21(29)13-19/h6-13,16,20,26,30H,14-15H2,1-5H3/t20-,26-/m0/s1. The summed E-state index contributed by atoms with van der Waals surface area (Å²) in [5.41, 5.74) is 5.78. The third kappa shape index (κ3) is 4.76. The van der Waals surface area contributed by atoms with E-state index in [9.17, 15) is 9.59 Å². The van der Waals surface area contributed by atoms with Crippen molar-refractivity contribution in [3.05, 3.63) is 87.2 Å². The van der Waals surface area contributed by atoms with Crippen molar-refractivity contribution in [3.8, 4) is 0 Å². The summed E-state index contributed by atoms with van der Waals surface area (Å²) < 4.78 is 5.57. The number of allylic oxidation sites excluding steroid dienone is 3. The number of carbonyl (C=O) groups excluding carboxylic acids is 2. The van der Waals surface area contributed by atoms with Gasteiger partial charge in [0.2, 0.25) is 0 Å². The van der Waals surface area contributed by atoms with Crippen molar-refractivity contribution >= 4 is 29.0 Å². The highest BCUT2D eigenvalue weighted by atomic mass is 35.5. The van der Waals surface area contributed by atoms with E-state index in [1.165, 1.54) is 0 Å². The van der Waals surface area contributed by atoms with E-state index < -0.39 is 11.9 Å². The molecule has 0 saturated carbocycles. The van der Waals surface area contributed by atoms with Gasteiger partial charge in [-0.15, -0.1) is 0 Å². The zero-order valence-corrected chi connectivity index (χ0v) is 21.1. The number of dihydropyridines is 1. The monoisotopic (exact) mass is 478 g/mol. The van der Waals surface area contributed by atoms with E-state index in [0.717, 1.165) is 22.5 Å². The minimum atomic E-state index is -0.509. The summed E-state index contributed by atoms with van der Waals surface area (Å²) in [6, 6.07) is 15.8. The number of rotatable bonds is 5. The van der Waals surface area contributed by atoms with Gasteiger partial charge in [-0.3, -0.25) is 4.79 Å². The van der Waals surface area contributed by atoms with Crippen LogP contribution in [0.3, 0.4) is 0 Å². The molecule has 0 amide bonds. The zero-order valence-electron chi connectivity index (χ0n) is 20.3. The second kappa shape index (κ2) is 9.67. The number of nitrogens with one attached hydrogen (secondary N) is 1. The molecule has 5 nitrogen and oxygen atoms in total. The molecule has 0 fully saturated rings. The van der Waals surface area contributed by atoms with E-state index >= 15 is 0 Å². The Bertz CT molecular complexity index is 1180. The first-order chi connectivity index (χ1) is 16.2. The Morgan fingerprint density at radius 1 is 1.09 bits per heavy atom. The summed E-state index contributed by atoms with van der Waals surface area (Å²) >= 11 is 6.31. The summed E-state index contributed by atoms with van der Waals surface area (Å²) in [5.74, 6) is -0.800. The number of benzene rings is 2. The molecule has 1 aliphatic heterocycles. The van der Waals surface area contributed by atoms with Crippen LogP contribution in [0.4, 0.5) is 5.69 Å². The molecule has 0 saturated heterocycles. The molecular formula is C28H31ClN2O3. The van der Waals surface area contributed by atoms with Crippen LogP contribution in [-0.2, 0) is 14.3 Å². The van der Waals surface area contributed by atoms with Gasteiger partial charge in [0.15, 0.2) is 5.78 Å². The molecule has 0 spiro atoms. The number of hydrogen-bond donors (Lipinski definition) is 1. The minimum absolute atomic E-state index is 0.0442. The Labute approximate surface area is 206 Å². The van der Waals surface area contributed by atoms with Crippen LogP contribution in [0.25, 0.3) is 0 Å². The van der Waals surface area contributed by atoms with E-state index in [2.05, 4.69) is 34.5 Å². The predicted octanol–water partition coefficient (Wildman–Crippen LogP) is 5.72. The van der Waals surface area contributed by atoms with Gasteiger partial charge in [-0.25, -0.2) is 4.79 Å². The molecule has 0 aromatic heterocycles. The van der Waals surface area contributed by atoms with E-state index in [1.807, 2.05) is 53.1 Å². The summed E-state index contributed by atoms with van der Waals surface area (Å²) in [4.78, 5) is 28.8. The fourth-order valence-electron chi connectivity index (χ4n) is 4.89. The second-order valence-electron chi connectivity index (χ2n) is 9.51. The summed E-state index contributed by atoms with van der Waals surface area (Å²) in [6.07, 6.45) is 0.827. The lowest BCUT2D eigenvalue weighted by Gasteiger charge is -2.37. The molecule has 178 valence electrons. The number of anilines is 1. The molecule has 0 unspecified atom stereocenters. The van der Waals surface area contributed by atoms with E-state index in [1.54, 1.807) is 6.07 Å². The van der Waals surface area contributed by atoms with Crippen molar-refractivity contribution in [1.82, 2.24) is 5.32 Å². The Morgan fingerprint density at radius 3 is 2.41 bits per heavy atom. The van der Waals surface area contributed by atoms with E-state index in [4.69, 9.17) is 16.3 Å². The second-order valence-corrected chi connectivity index (χ2v) is 9.95. The number of halogens is 1. The van der Waals surface area contributed by atoms with E-state index in [-0.39, 0.29) is 17.8 Å². The molecule has 0 radical (unpaired) electrons. The molecular weight excluding hydrogens is 448 g/mol. The van der Waals surface area contributed by atoms with Gasteiger partial charge in [-0.2, -0.15) is 0 Å². The van der Waals surface area contributed by atoms with Crippen LogP contribution in [0.5, 0.6) is 0 Å². The highest BCUT2D eigenvalue weighted by Gasteiger charge is 2.41. The van der Waals surface area contributed by atoms with Gasteiger partial charge in [0.05, 0.1) is 11.7 Å². The van der Waals surface area contributed by atoms with Gasteiger partial charge in [-0.1, -0.05) is 35.9 Å². The number of carbonyl (C=O) groups is 2. The highest BCUT2D eigenvalue weighted by Crippen LogP contribution is 2.46. The molecule has 2 atom stereocenters. The van der Waals surface area contributed by atoms with Crippen molar-refractivity contribution in [2.24, 2.45) is 0 Å². The average molecular weight is 479 g/mol. The third-order valence-electron chi connectivity index (χ3n) is 6.45. The maximum absolute atomic E-state index is 13.6. The number of Topliss-reactive ketones (excluding diaryl/α,β-unsaturated/α-hetero) is 1. The lowest BCUT2D eigenvalue weighted by Crippen LogP contribution is -2.36. The first-order valence-electron chi connectivity index (χ1n) is 11.6. The van der Waals surface area contributed by atoms with Gasteiger partial charge in [0, 0.05) is 54.1 Å². The molecule has 1 aliphatic carbocycles. The first-order valence-corrected chi connectivity index (χ1v) is 12.0. The van der Waals surface area contributed by atoms with E-state index in [0.29, 0.717) is 34.7 Å². The van der Waals surface area contributed by atoms with Gasteiger partial charge >= 0.3 is 5.97 Å². The molecule has 2 aliphatic rings. The van der Waals surface area contributed by atoms with Crippen LogP contribution in [0, 0.1) is 0 Å². The van der Waals surface area contributed by atoms with Crippen LogP contribution in [0.15, 0.2) is 71.1 Å². The molecule has 2 aromatic rings. The smallest absolute Gasteiger partial charge is 0.337 e. The summed E-state index contributed by atoms with van der Waals surface area (Å²) in [7, 11) is 4.02. The number of esters is 1. The molecule has 1 heterocycles. The average Bonchev–Trinajstić information content (AvgIpc) is 2.77. The maximum atomic E-state index is 13.6. The molecule has 34 heavy (non-hydrogen) atoms. The zero-order chi connectivity index (χ0) is 24.6. The Morgan fingerprint density at radius 2 is 1.79 bits per heavy atom. The Kier molecular flexibility index (Phi) is 6.85. The molecule has 0 bridgehead atoms. The summed E-state index contributed by atoms with van der Waals surface area (Å²) in [6.45, 7) is 5.51.